The summed E-state index contributed by atoms with van der Waals surface area (Å²) in [5.41, 5.74) is -0.805. The van der Waals surface area contributed by atoms with Crippen LogP contribution in [-0.4, -0.2) is 41.0 Å². The van der Waals surface area contributed by atoms with Crippen LogP contribution in [0.5, 0.6) is 5.75 Å². The topological polar surface area (TPSA) is 90.4 Å². The van der Waals surface area contributed by atoms with Gasteiger partial charge >= 0.3 is 12.1 Å². The number of carbonyl (C=O) groups is 2. The molecule has 0 fully saturated rings. The van der Waals surface area contributed by atoms with Gasteiger partial charge in [-0.15, -0.1) is 10.2 Å². The minimum absolute atomic E-state index is 0.0768. The van der Waals surface area contributed by atoms with Crippen LogP contribution in [0.25, 0.3) is 0 Å². The number of alkyl halides is 3. The normalized spacial score (nSPS) is 11.1. The molecular formula is C15H14F3N3O4S2. The minimum atomic E-state index is -4.43. The first-order valence-electron chi connectivity index (χ1n) is 7.49. The molecule has 0 saturated carbocycles. The Balaban J connectivity index is 1.78. The van der Waals surface area contributed by atoms with Gasteiger partial charge < -0.3 is 9.47 Å². The molecule has 2 aromatic rings. The maximum Gasteiger partial charge on any atom is 0.416 e. The zero-order valence-corrected chi connectivity index (χ0v) is 15.5. The smallest absolute Gasteiger partial charge is 0.416 e. The van der Waals surface area contributed by atoms with Crippen LogP contribution < -0.4 is 10.1 Å². The number of ether oxygens (including phenoxy) is 2. The number of nitrogens with one attached hydrogen (secondary N) is 1. The highest BCUT2D eigenvalue weighted by Crippen LogP contribution is 2.30. The molecule has 0 spiro atoms. The number of thioether (sulfide) groups is 1. The molecule has 12 heteroatoms. The largest absolute Gasteiger partial charge is 0.484 e. The highest BCUT2D eigenvalue weighted by Gasteiger charge is 2.30. The van der Waals surface area contributed by atoms with Gasteiger partial charge in [-0.05, 0) is 31.2 Å². The third kappa shape index (κ3) is 7.06. The van der Waals surface area contributed by atoms with Crippen molar-refractivity contribution in [1.82, 2.24) is 10.2 Å². The fraction of sp³-hybridized carbons (Fsp3) is 0.333. The molecule has 0 aliphatic carbocycles. The Morgan fingerprint density at radius 1 is 1.22 bits per heavy atom. The first-order valence-corrected chi connectivity index (χ1v) is 9.30. The van der Waals surface area contributed by atoms with E-state index < -0.39 is 24.3 Å². The number of esters is 1. The molecule has 0 bridgehead atoms. The molecule has 0 radical (unpaired) electrons. The summed E-state index contributed by atoms with van der Waals surface area (Å²) in [6, 6.07) is 3.99. The van der Waals surface area contributed by atoms with Gasteiger partial charge in [0, 0.05) is 0 Å². The SMILES string of the molecule is CCOC(=O)CSc1nnc(NC(=O)COc2ccc(C(F)(F)F)cc2)s1. The van der Waals surface area contributed by atoms with Gasteiger partial charge in [-0.25, -0.2) is 0 Å². The number of hydrogen-bond donors (Lipinski definition) is 1. The zero-order chi connectivity index (χ0) is 19.9. The van der Waals surface area contributed by atoms with Crippen molar-refractivity contribution in [2.75, 3.05) is 24.3 Å². The summed E-state index contributed by atoms with van der Waals surface area (Å²) >= 11 is 2.19. The van der Waals surface area contributed by atoms with Gasteiger partial charge in [-0.3, -0.25) is 14.9 Å². The van der Waals surface area contributed by atoms with E-state index >= 15 is 0 Å². The quantitative estimate of drug-likeness (QED) is 0.398. The van der Waals surface area contributed by atoms with Gasteiger partial charge in [0.05, 0.1) is 17.9 Å². The van der Waals surface area contributed by atoms with Crippen LogP contribution in [0.2, 0.25) is 0 Å². The Hall–Kier alpha value is -2.34. The first-order chi connectivity index (χ1) is 12.8. The number of anilines is 1. The van der Waals surface area contributed by atoms with Crippen LogP contribution >= 0.6 is 23.1 Å². The van der Waals surface area contributed by atoms with Crippen LogP contribution in [0.1, 0.15) is 12.5 Å². The molecule has 1 N–H and O–H groups in total. The Morgan fingerprint density at radius 3 is 2.56 bits per heavy atom. The number of carbonyl (C=O) groups excluding carboxylic acids is 2. The third-order valence-corrected chi connectivity index (χ3v) is 4.77. The van der Waals surface area contributed by atoms with E-state index in [1.54, 1.807) is 6.92 Å². The van der Waals surface area contributed by atoms with Crippen molar-refractivity contribution in [2.45, 2.75) is 17.4 Å². The third-order valence-electron chi connectivity index (χ3n) is 2.82. The lowest BCUT2D eigenvalue weighted by molar-refractivity contribution is -0.140. The molecular weight excluding hydrogens is 407 g/mol. The molecule has 1 heterocycles. The predicted octanol–water partition coefficient (Wildman–Crippen LogP) is 3.23. The molecule has 1 aromatic heterocycles. The van der Waals surface area contributed by atoms with Crippen molar-refractivity contribution >= 4 is 40.1 Å². The Bertz CT molecular complexity index is 781. The molecule has 0 saturated heterocycles. The number of amides is 1. The lowest BCUT2D eigenvalue weighted by Crippen LogP contribution is -2.20. The van der Waals surface area contributed by atoms with E-state index in [0.29, 0.717) is 4.34 Å². The van der Waals surface area contributed by atoms with Gasteiger partial charge in [-0.2, -0.15) is 13.2 Å². The number of hydrogen-bond acceptors (Lipinski definition) is 8. The molecule has 146 valence electrons. The number of aromatic nitrogens is 2. The van der Waals surface area contributed by atoms with Crippen LogP contribution in [0.3, 0.4) is 0 Å². The van der Waals surface area contributed by atoms with E-state index in [9.17, 15) is 22.8 Å². The van der Waals surface area contributed by atoms with E-state index in [2.05, 4.69) is 15.5 Å². The van der Waals surface area contributed by atoms with Crippen LogP contribution in [-0.2, 0) is 20.5 Å². The van der Waals surface area contributed by atoms with Gasteiger partial charge in [0.1, 0.15) is 5.75 Å². The standard InChI is InChI=1S/C15H14F3N3O4S2/c1-2-24-12(23)8-26-14-21-20-13(27-14)19-11(22)7-25-10-5-3-9(4-6-10)15(16,17)18/h3-6H,2,7-8H2,1H3,(H,19,20,22). The Kier molecular flexibility index (Phi) is 7.42. The van der Waals surface area contributed by atoms with Crippen molar-refractivity contribution in [3.8, 4) is 5.75 Å². The van der Waals surface area contributed by atoms with Crippen LogP contribution in [0.15, 0.2) is 28.6 Å². The maximum absolute atomic E-state index is 12.5. The minimum Gasteiger partial charge on any atom is -0.484 e. The van der Waals surface area contributed by atoms with Crippen LogP contribution in [0.4, 0.5) is 18.3 Å². The summed E-state index contributed by atoms with van der Waals surface area (Å²) in [6.07, 6.45) is -4.43. The van der Waals surface area contributed by atoms with Gasteiger partial charge in [0.25, 0.3) is 5.91 Å². The molecule has 0 aliphatic heterocycles. The molecule has 0 unspecified atom stereocenters. The summed E-state index contributed by atoms with van der Waals surface area (Å²) < 4.78 is 47.8. The number of halogens is 3. The van der Waals surface area contributed by atoms with Gasteiger partial charge in [-0.1, -0.05) is 23.1 Å². The van der Waals surface area contributed by atoms with E-state index in [0.717, 1.165) is 47.4 Å². The van der Waals surface area contributed by atoms with Crippen molar-refractivity contribution in [1.29, 1.82) is 0 Å². The number of nitrogens with zero attached hydrogens (tertiary/aromatic N) is 2. The fourth-order valence-corrected chi connectivity index (χ4v) is 3.25. The average Bonchev–Trinajstić information content (AvgIpc) is 3.05. The summed E-state index contributed by atoms with van der Waals surface area (Å²) in [4.78, 5) is 23.1. The second kappa shape index (κ2) is 9.55. The average molecular weight is 421 g/mol. The molecule has 0 atom stereocenters. The molecule has 2 rings (SSSR count). The molecule has 1 amide bonds. The van der Waals surface area contributed by atoms with E-state index in [1.165, 1.54) is 0 Å². The van der Waals surface area contributed by atoms with E-state index in [-0.39, 0.29) is 29.2 Å². The highest BCUT2D eigenvalue weighted by atomic mass is 32.2. The Labute approximate surface area is 160 Å². The lowest BCUT2D eigenvalue weighted by atomic mass is 10.2. The summed E-state index contributed by atoms with van der Waals surface area (Å²) in [5, 5.41) is 10.2. The molecule has 27 heavy (non-hydrogen) atoms. The second-order valence-corrected chi connectivity index (χ2v) is 7.03. The summed E-state index contributed by atoms with van der Waals surface area (Å²) in [6.45, 7) is 1.58. The molecule has 1 aromatic carbocycles. The van der Waals surface area contributed by atoms with Crippen molar-refractivity contribution in [2.24, 2.45) is 0 Å². The molecule has 0 aliphatic rings. The fourth-order valence-electron chi connectivity index (χ4n) is 1.69. The van der Waals surface area contributed by atoms with Crippen molar-refractivity contribution in [3.05, 3.63) is 29.8 Å². The maximum atomic E-state index is 12.5. The monoisotopic (exact) mass is 421 g/mol. The van der Waals surface area contributed by atoms with Crippen molar-refractivity contribution in [3.63, 3.8) is 0 Å². The summed E-state index contributed by atoms with van der Waals surface area (Å²) in [7, 11) is 0. The Morgan fingerprint density at radius 2 is 1.93 bits per heavy atom. The highest BCUT2D eigenvalue weighted by molar-refractivity contribution is 8.01. The zero-order valence-electron chi connectivity index (χ0n) is 13.9. The van der Waals surface area contributed by atoms with Gasteiger partial charge in [0.15, 0.2) is 10.9 Å². The molecule has 7 nitrogen and oxygen atoms in total. The second-order valence-electron chi connectivity index (χ2n) is 4.83. The van der Waals surface area contributed by atoms with Crippen LogP contribution in [0, 0.1) is 0 Å². The number of rotatable bonds is 8. The summed E-state index contributed by atoms with van der Waals surface area (Å²) in [5.74, 6) is -0.727. The van der Waals surface area contributed by atoms with Crippen molar-refractivity contribution < 1.29 is 32.2 Å². The van der Waals surface area contributed by atoms with E-state index in [4.69, 9.17) is 9.47 Å². The van der Waals surface area contributed by atoms with Gasteiger partial charge in [0.2, 0.25) is 5.13 Å². The number of benzene rings is 1. The van der Waals surface area contributed by atoms with E-state index in [1.807, 2.05) is 0 Å². The first kappa shape index (κ1) is 21.0. The predicted molar refractivity (Wildman–Crippen MR) is 92.8 cm³/mol. The lowest BCUT2D eigenvalue weighted by Gasteiger charge is -2.08.